The zero-order chi connectivity index (χ0) is 12.3. The van der Waals surface area contributed by atoms with E-state index in [-0.39, 0.29) is 12.2 Å². The van der Waals surface area contributed by atoms with Crippen LogP contribution in [0.5, 0.6) is 0 Å². The minimum absolute atomic E-state index is 0.0323. The van der Waals surface area contributed by atoms with E-state index in [9.17, 15) is 13.2 Å². The Balaban J connectivity index is 2.16. The lowest BCUT2D eigenvalue weighted by atomic mass is 10.2. The largest absolute Gasteiger partial charge is 0.376 e. The maximum absolute atomic E-state index is 13.3. The van der Waals surface area contributed by atoms with E-state index in [0.717, 1.165) is 12.1 Å². The number of hydrogen-bond donors (Lipinski definition) is 1. The number of benzene rings is 2. The zero-order valence-electron chi connectivity index (χ0n) is 8.88. The van der Waals surface area contributed by atoms with Crippen molar-refractivity contribution in [3.8, 4) is 0 Å². The second kappa shape index (κ2) is 4.91. The molecule has 2 rings (SSSR count). The van der Waals surface area contributed by atoms with E-state index in [1.165, 1.54) is 12.1 Å². The number of para-hydroxylation sites is 1. The van der Waals surface area contributed by atoms with Gasteiger partial charge in [0.1, 0.15) is 23.1 Å². The molecule has 4 heteroatoms. The van der Waals surface area contributed by atoms with E-state index in [2.05, 4.69) is 5.32 Å². The summed E-state index contributed by atoms with van der Waals surface area (Å²) in [5.74, 6) is -1.79. The van der Waals surface area contributed by atoms with Crippen molar-refractivity contribution in [3.63, 3.8) is 0 Å². The first-order valence-electron chi connectivity index (χ1n) is 5.10. The average molecular weight is 237 g/mol. The SMILES string of the molecule is Fc1ccccc1CNc1c(F)cccc1F. The van der Waals surface area contributed by atoms with Gasteiger partial charge < -0.3 is 5.32 Å². The molecule has 0 heterocycles. The summed E-state index contributed by atoms with van der Waals surface area (Å²) in [6.45, 7) is 0.0323. The van der Waals surface area contributed by atoms with Gasteiger partial charge in [-0.15, -0.1) is 0 Å². The first-order valence-corrected chi connectivity index (χ1v) is 5.10. The Hall–Kier alpha value is -1.97. The van der Waals surface area contributed by atoms with E-state index >= 15 is 0 Å². The van der Waals surface area contributed by atoms with Crippen LogP contribution in [0.2, 0.25) is 0 Å². The molecule has 0 atom stereocenters. The van der Waals surface area contributed by atoms with Gasteiger partial charge in [0.2, 0.25) is 0 Å². The molecule has 0 unspecified atom stereocenters. The fraction of sp³-hybridized carbons (Fsp3) is 0.0769. The fourth-order valence-corrected chi connectivity index (χ4v) is 1.49. The average Bonchev–Trinajstić information content (AvgIpc) is 2.30. The van der Waals surface area contributed by atoms with Crippen molar-refractivity contribution < 1.29 is 13.2 Å². The van der Waals surface area contributed by atoms with E-state index in [0.29, 0.717) is 5.56 Å². The van der Waals surface area contributed by atoms with Crippen LogP contribution < -0.4 is 5.32 Å². The number of anilines is 1. The summed E-state index contributed by atoms with van der Waals surface area (Å²) in [5, 5.41) is 2.55. The molecule has 0 spiro atoms. The third-order valence-corrected chi connectivity index (χ3v) is 2.38. The van der Waals surface area contributed by atoms with Crippen molar-refractivity contribution in [1.29, 1.82) is 0 Å². The van der Waals surface area contributed by atoms with Crippen LogP contribution in [-0.2, 0) is 6.54 Å². The van der Waals surface area contributed by atoms with Gasteiger partial charge in [-0.25, -0.2) is 13.2 Å². The van der Waals surface area contributed by atoms with Crippen LogP contribution in [0.4, 0.5) is 18.9 Å². The van der Waals surface area contributed by atoms with Crippen molar-refractivity contribution in [2.75, 3.05) is 5.32 Å². The molecule has 0 aliphatic rings. The molecule has 0 amide bonds. The van der Waals surface area contributed by atoms with E-state index in [1.54, 1.807) is 18.2 Å². The maximum atomic E-state index is 13.3. The van der Waals surface area contributed by atoms with Gasteiger partial charge in [0.05, 0.1) is 0 Å². The first-order chi connectivity index (χ1) is 8.18. The van der Waals surface area contributed by atoms with Crippen molar-refractivity contribution in [1.82, 2.24) is 0 Å². The van der Waals surface area contributed by atoms with Crippen LogP contribution in [0, 0.1) is 17.5 Å². The Bertz CT molecular complexity index is 506. The van der Waals surface area contributed by atoms with Crippen LogP contribution in [0.1, 0.15) is 5.56 Å². The quantitative estimate of drug-likeness (QED) is 0.857. The summed E-state index contributed by atoms with van der Waals surface area (Å²) < 4.78 is 39.8. The summed E-state index contributed by atoms with van der Waals surface area (Å²) >= 11 is 0. The summed E-state index contributed by atoms with van der Waals surface area (Å²) in [6.07, 6.45) is 0. The number of hydrogen-bond acceptors (Lipinski definition) is 1. The third-order valence-electron chi connectivity index (χ3n) is 2.38. The summed E-state index contributed by atoms with van der Waals surface area (Å²) in [4.78, 5) is 0. The van der Waals surface area contributed by atoms with Crippen LogP contribution in [0.15, 0.2) is 42.5 Å². The standard InChI is InChI=1S/C13H10F3N/c14-10-5-2-1-4-9(10)8-17-13-11(15)6-3-7-12(13)16/h1-7,17H,8H2. The molecule has 17 heavy (non-hydrogen) atoms. The molecule has 1 nitrogen and oxygen atoms in total. The lowest BCUT2D eigenvalue weighted by molar-refractivity contribution is 0.585. The van der Waals surface area contributed by atoms with Gasteiger partial charge in [0.25, 0.3) is 0 Å². The summed E-state index contributed by atoms with van der Waals surface area (Å²) in [5.41, 5.74) is 0.117. The second-order valence-corrected chi connectivity index (χ2v) is 3.54. The number of nitrogens with one attached hydrogen (secondary N) is 1. The highest BCUT2D eigenvalue weighted by Crippen LogP contribution is 2.19. The smallest absolute Gasteiger partial charge is 0.149 e. The van der Waals surface area contributed by atoms with Crippen LogP contribution in [0.25, 0.3) is 0 Å². The van der Waals surface area contributed by atoms with Gasteiger partial charge in [-0.2, -0.15) is 0 Å². The van der Waals surface area contributed by atoms with Gasteiger partial charge in [0.15, 0.2) is 0 Å². The molecule has 0 fully saturated rings. The van der Waals surface area contributed by atoms with Crippen LogP contribution in [-0.4, -0.2) is 0 Å². The van der Waals surface area contributed by atoms with E-state index in [1.807, 2.05) is 0 Å². The maximum Gasteiger partial charge on any atom is 0.149 e. The molecule has 0 aliphatic carbocycles. The van der Waals surface area contributed by atoms with Crippen LogP contribution in [0.3, 0.4) is 0 Å². The highest BCUT2D eigenvalue weighted by atomic mass is 19.1. The van der Waals surface area contributed by atoms with Crippen molar-refractivity contribution in [3.05, 3.63) is 65.5 Å². The van der Waals surface area contributed by atoms with Gasteiger partial charge >= 0.3 is 0 Å². The normalized spacial score (nSPS) is 10.3. The predicted octanol–water partition coefficient (Wildman–Crippen LogP) is 3.72. The summed E-state index contributed by atoms with van der Waals surface area (Å²) in [7, 11) is 0. The Kier molecular flexibility index (Phi) is 3.32. The zero-order valence-corrected chi connectivity index (χ0v) is 8.88. The molecule has 2 aromatic carbocycles. The Morgan fingerprint density at radius 3 is 2.00 bits per heavy atom. The number of halogens is 3. The first kappa shape index (κ1) is 11.5. The molecule has 0 bridgehead atoms. The minimum atomic E-state index is -0.693. The Morgan fingerprint density at radius 2 is 1.35 bits per heavy atom. The van der Waals surface area contributed by atoms with Crippen molar-refractivity contribution in [2.24, 2.45) is 0 Å². The number of rotatable bonds is 3. The molecule has 2 aromatic rings. The van der Waals surface area contributed by atoms with Gasteiger partial charge in [-0.1, -0.05) is 24.3 Å². The lowest BCUT2D eigenvalue weighted by Gasteiger charge is -2.09. The molecule has 0 saturated carbocycles. The molecule has 0 aliphatic heterocycles. The minimum Gasteiger partial charge on any atom is -0.376 e. The Morgan fingerprint density at radius 1 is 0.765 bits per heavy atom. The highest BCUT2D eigenvalue weighted by Gasteiger charge is 2.08. The third kappa shape index (κ3) is 2.58. The van der Waals surface area contributed by atoms with Crippen molar-refractivity contribution in [2.45, 2.75) is 6.54 Å². The molecule has 0 saturated heterocycles. The lowest BCUT2D eigenvalue weighted by Crippen LogP contribution is -2.05. The highest BCUT2D eigenvalue weighted by molar-refractivity contribution is 5.46. The van der Waals surface area contributed by atoms with Gasteiger partial charge in [-0.3, -0.25) is 0 Å². The molecular formula is C13H10F3N. The van der Waals surface area contributed by atoms with Crippen molar-refractivity contribution >= 4 is 5.69 Å². The monoisotopic (exact) mass is 237 g/mol. The van der Waals surface area contributed by atoms with Gasteiger partial charge in [-0.05, 0) is 18.2 Å². The van der Waals surface area contributed by atoms with E-state index in [4.69, 9.17) is 0 Å². The molecule has 0 radical (unpaired) electrons. The van der Waals surface area contributed by atoms with Crippen LogP contribution >= 0.6 is 0 Å². The second-order valence-electron chi connectivity index (χ2n) is 3.54. The van der Waals surface area contributed by atoms with E-state index < -0.39 is 17.5 Å². The summed E-state index contributed by atoms with van der Waals surface area (Å²) in [6, 6.07) is 9.65. The van der Waals surface area contributed by atoms with Gasteiger partial charge in [0, 0.05) is 12.1 Å². The molecule has 88 valence electrons. The molecule has 1 N–H and O–H groups in total. The molecule has 0 aromatic heterocycles. The predicted molar refractivity (Wildman–Crippen MR) is 60.1 cm³/mol. The Labute approximate surface area is 96.9 Å². The fourth-order valence-electron chi connectivity index (χ4n) is 1.49. The topological polar surface area (TPSA) is 12.0 Å². The molecular weight excluding hydrogens is 227 g/mol.